The Morgan fingerprint density at radius 1 is 1.28 bits per heavy atom. The number of aryl methyl sites for hydroxylation is 2. The van der Waals surface area contributed by atoms with Crippen molar-refractivity contribution in [3.63, 3.8) is 0 Å². The van der Waals surface area contributed by atoms with Crippen LogP contribution in [0.5, 0.6) is 0 Å². The zero-order valence-corrected chi connectivity index (χ0v) is 11.5. The van der Waals surface area contributed by atoms with Crippen molar-refractivity contribution in [2.75, 3.05) is 6.61 Å². The minimum Gasteiger partial charge on any atom is -0.388 e. The van der Waals surface area contributed by atoms with E-state index >= 15 is 0 Å². The van der Waals surface area contributed by atoms with Crippen molar-refractivity contribution in [1.82, 2.24) is 0 Å². The Morgan fingerprint density at radius 3 is 2.78 bits per heavy atom. The number of aliphatic hydroxyl groups is 1. The van der Waals surface area contributed by atoms with Gasteiger partial charge in [0, 0.05) is 6.61 Å². The summed E-state index contributed by atoms with van der Waals surface area (Å²) in [5.41, 5.74) is 3.57. The summed E-state index contributed by atoms with van der Waals surface area (Å²) in [6.45, 7) is 5.08. The molecule has 2 heteroatoms. The van der Waals surface area contributed by atoms with Gasteiger partial charge in [0.1, 0.15) is 0 Å². The summed E-state index contributed by atoms with van der Waals surface area (Å²) in [5, 5.41) is 10.2. The molecule has 0 bridgehead atoms. The van der Waals surface area contributed by atoms with Crippen molar-refractivity contribution < 1.29 is 9.84 Å². The van der Waals surface area contributed by atoms with E-state index in [0.717, 1.165) is 31.4 Å². The van der Waals surface area contributed by atoms with E-state index in [1.165, 1.54) is 24.0 Å². The van der Waals surface area contributed by atoms with E-state index < -0.39 is 0 Å². The molecule has 100 valence electrons. The van der Waals surface area contributed by atoms with Gasteiger partial charge >= 0.3 is 0 Å². The molecule has 1 aromatic carbocycles. The van der Waals surface area contributed by atoms with Gasteiger partial charge in [-0.1, -0.05) is 18.2 Å². The lowest BCUT2D eigenvalue weighted by Gasteiger charge is -2.23. The van der Waals surface area contributed by atoms with E-state index in [1.807, 2.05) is 6.07 Å². The van der Waals surface area contributed by atoms with Crippen LogP contribution in [-0.4, -0.2) is 17.8 Å². The monoisotopic (exact) mass is 248 g/mol. The van der Waals surface area contributed by atoms with E-state index in [-0.39, 0.29) is 6.10 Å². The molecular formula is C16H24O2. The highest BCUT2D eigenvalue weighted by Gasteiger charge is 2.16. The van der Waals surface area contributed by atoms with Gasteiger partial charge in [-0.05, 0) is 62.6 Å². The third-order valence-electron chi connectivity index (χ3n) is 3.95. The molecule has 1 fully saturated rings. The van der Waals surface area contributed by atoms with Crippen LogP contribution in [0.2, 0.25) is 0 Å². The molecule has 1 aliphatic heterocycles. The minimum absolute atomic E-state index is 0.352. The van der Waals surface area contributed by atoms with E-state index in [1.54, 1.807) is 0 Å². The van der Waals surface area contributed by atoms with E-state index in [2.05, 4.69) is 26.0 Å². The van der Waals surface area contributed by atoms with Crippen molar-refractivity contribution in [2.45, 2.75) is 58.2 Å². The summed E-state index contributed by atoms with van der Waals surface area (Å²) < 4.78 is 5.70. The van der Waals surface area contributed by atoms with Gasteiger partial charge in [0.2, 0.25) is 0 Å². The molecular weight excluding hydrogens is 224 g/mol. The van der Waals surface area contributed by atoms with Gasteiger partial charge < -0.3 is 9.84 Å². The van der Waals surface area contributed by atoms with Crippen LogP contribution in [0.15, 0.2) is 18.2 Å². The third kappa shape index (κ3) is 3.56. The van der Waals surface area contributed by atoms with Crippen LogP contribution in [0.1, 0.15) is 54.9 Å². The molecule has 2 nitrogen and oxygen atoms in total. The summed E-state index contributed by atoms with van der Waals surface area (Å²) in [6, 6.07) is 6.22. The number of aliphatic hydroxyl groups excluding tert-OH is 1. The van der Waals surface area contributed by atoms with Crippen LogP contribution >= 0.6 is 0 Å². The Labute approximate surface area is 110 Å². The maximum atomic E-state index is 10.2. The van der Waals surface area contributed by atoms with Gasteiger partial charge in [-0.25, -0.2) is 0 Å². The molecule has 1 heterocycles. The predicted octanol–water partition coefficient (Wildman–Crippen LogP) is 3.69. The van der Waals surface area contributed by atoms with Crippen LogP contribution in [0, 0.1) is 13.8 Å². The number of rotatable bonds is 4. The molecule has 0 radical (unpaired) electrons. The maximum Gasteiger partial charge on any atom is 0.0791 e. The van der Waals surface area contributed by atoms with Crippen LogP contribution in [0.3, 0.4) is 0 Å². The second-order valence-electron chi connectivity index (χ2n) is 5.43. The van der Waals surface area contributed by atoms with E-state index in [9.17, 15) is 5.11 Å². The van der Waals surface area contributed by atoms with E-state index in [4.69, 9.17) is 4.74 Å². The average molecular weight is 248 g/mol. The number of hydrogen-bond acceptors (Lipinski definition) is 2. The van der Waals surface area contributed by atoms with Crippen molar-refractivity contribution >= 4 is 0 Å². The first kappa shape index (κ1) is 13.6. The van der Waals surface area contributed by atoms with Crippen molar-refractivity contribution in [3.8, 4) is 0 Å². The smallest absolute Gasteiger partial charge is 0.0791 e. The Kier molecular flexibility index (Phi) is 4.79. The largest absolute Gasteiger partial charge is 0.388 e. The summed E-state index contributed by atoms with van der Waals surface area (Å²) in [5.74, 6) is 0. The van der Waals surface area contributed by atoms with Crippen molar-refractivity contribution in [2.24, 2.45) is 0 Å². The third-order valence-corrected chi connectivity index (χ3v) is 3.95. The maximum absolute atomic E-state index is 10.2. The van der Waals surface area contributed by atoms with Gasteiger partial charge in [-0.3, -0.25) is 0 Å². The molecule has 2 unspecified atom stereocenters. The highest BCUT2D eigenvalue weighted by atomic mass is 16.5. The lowest BCUT2D eigenvalue weighted by Crippen LogP contribution is -2.19. The van der Waals surface area contributed by atoms with Gasteiger partial charge in [0.25, 0.3) is 0 Å². The molecule has 1 aromatic rings. The fraction of sp³-hybridized carbons (Fsp3) is 0.625. The second-order valence-corrected chi connectivity index (χ2v) is 5.43. The summed E-state index contributed by atoms with van der Waals surface area (Å²) in [7, 11) is 0. The fourth-order valence-electron chi connectivity index (χ4n) is 2.52. The first-order valence-electron chi connectivity index (χ1n) is 7.03. The van der Waals surface area contributed by atoms with Crippen LogP contribution in [0.4, 0.5) is 0 Å². The molecule has 0 aliphatic carbocycles. The highest BCUT2D eigenvalue weighted by Crippen LogP contribution is 2.24. The quantitative estimate of drug-likeness (QED) is 0.880. The molecule has 0 spiro atoms. The Bertz CT molecular complexity index is 381. The molecule has 0 aromatic heterocycles. The average Bonchev–Trinajstić information content (AvgIpc) is 2.40. The molecule has 1 saturated heterocycles. The number of hydrogen-bond donors (Lipinski definition) is 1. The van der Waals surface area contributed by atoms with Gasteiger partial charge in [0.05, 0.1) is 12.2 Å². The molecule has 1 N–H and O–H groups in total. The normalized spacial score (nSPS) is 21.8. The molecule has 0 saturated carbocycles. The van der Waals surface area contributed by atoms with E-state index in [0.29, 0.717) is 6.10 Å². The second kappa shape index (κ2) is 6.35. The Balaban J connectivity index is 1.86. The van der Waals surface area contributed by atoms with Crippen molar-refractivity contribution in [3.05, 3.63) is 34.9 Å². The molecule has 2 atom stereocenters. The first-order chi connectivity index (χ1) is 8.66. The molecule has 18 heavy (non-hydrogen) atoms. The zero-order chi connectivity index (χ0) is 13.0. The lowest BCUT2D eigenvalue weighted by molar-refractivity contribution is 0.00213. The van der Waals surface area contributed by atoms with Crippen LogP contribution in [-0.2, 0) is 4.74 Å². The first-order valence-corrected chi connectivity index (χ1v) is 7.03. The summed E-state index contributed by atoms with van der Waals surface area (Å²) >= 11 is 0. The van der Waals surface area contributed by atoms with Crippen LogP contribution < -0.4 is 0 Å². The zero-order valence-electron chi connectivity index (χ0n) is 11.5. The summed E-state index contributed by atoms with van der Waals surface area (Å²) in [4.78, 5) is 0. The Morgan fingerprint density at radius 2 is 2.11 bits per heavy atom. The highest BCUT2D eigenvalue weighted by molar-refractivity contribution is 5.31. The van der Waals surface area contributed by atoms with Gasteiger partial charge in [-0.15, -0.1) is 0 Å². The van der Waals surface area contributed by atoms with Crippen molar-refractivity contribution in [1.29, 1.82) is 0 Å². The Hall–Kier alpha value is -0.860. The SMILES string of the molecule is Cc1ccc(C(O)CCC2CCCCO2)cc1C. The van der Waals surface area contributed by atoms with Crippen LogP contribution in [0.25, 0.3) is 0 Å². The topological polar surface area (TPSA) is 29.5 Å². The standard InChI is InChI=1S/C16H24O2/c1-12-6-7-14(11-13(12)2)16(17)9-8-15-5-3-4-10-18-15/h6-7,11,15-17H,3-5,8-10H2,1-2H3. The molecule has 2 rings (SSSR count). The summed E-state index contributed by atoms with van der Waals surface area (Å²) in [6.07, 6.45) is 5.39. The van der Waals surface area contributed by atoms with Gasteiger partial charge in [-0.2, -0.15) is 0 Å². The number of ether oxygens (including phenoxy) is 1. The molecule has 0 amide bonds. The predicted molar refractivity (Wildman–Crippen MR) is 73.7 cm³/mol. The number of benzene rings is 1. The lowest BCUT2D eigenvalue weighted by atomic mass is 9.97. The minimum atomic E-state index is -0.352. The fourth-order valence-corrected chi connectivity index (χ4v) is 2.52. The van der Waals surface area contributed by atoms with Gasteiger partial charge in [0.15, 0.2) is 0 Å². The molecule has 1 aliphatic rings.